The monoisotopic (exact) mass is 208 g/mol. The Morgan fingerprint density at radius 1 is 1.14 bits per heavy atom. The zero-order valence-corrected chi connectivity index (χ0v) is 8.41. The summed E-state index contributed by atoms with van der Waals surface area (Å²) in [7, 11) is 0. The van der Waals surface area contributed by atoms with Crippen LogP contribution in [-0.4, -0.2) is 23.0 Å². The molecule has 0 unspecified atom stereocenters. The first-order valence-corrected chi connectivity index (χ1v) is 5.45. The molecular weight excluding hydrogens is 194 g/mol. The van der Waals surface area contributed by atoms with Crippen LogP contribution < -0.4 is 0 Å². The SMILES string of the molecule is CCCCC[CH2][SbH2]. The quantitative estimate of drug-likeness (QED) is 0.487. The van der Waals surface area contributed by atoms with Crippen LogP contribution in [0.25, 0.3) is 0 Å². The Kier molecular flexibility index (Phi) is 7.62. The second-order valence-electron chi connectivity index (χ2n) is 1.85. The fourth-order valence-electron chi connectivity index (χ4n) is 0.571. The van der Waals surface area contributed by atoms with Gasteiger partial charge in [-0.15, -0.1) is 0 Å². The molecule has 0 saturated carbocycles. The summed E-state index contributed by atoms with van der Waals surface area (Å²) in [5.74, 6) is 0. The standard InChI is InChI=1S/C6H13.Sb.2H/c1-3-5-6-4-2;;;/h1,3-6H2,2H3;;;. The molecular formula is C6H15Sb. The van der Waals surface area contributed by atoms with Crippen molar-refractivity contribution in [2.24, 2.45) is 0 Å². The van der Waals surface area contributed by atoms with Crippen LogP contribution >= 0.6 is 0 Å². The summed E-state index contributed by atoms with van der Waals surface area (Å²) >= 11 is 1.46. The molecule has 0 amide bonds. The van der Waals surface area contributed by atoms with Gasteiger partial charge in [0.25, 0.3) is 0 Å². The molecule has 0 aliphatic carbocycles. The summed E-state index contributed by atoms with van der Waals surface area (Å²) in [6.07, 6.45) is 5.77. The van der Waals surface area contributed by atoms with Crippen LogP contribution in [0.5, 0.6) is 0 Å². The third-order valence-corrected chi connectivity index (χ3v) is 2.22. The molecule has 7 heavy (non-hydrogen) atoms. The van der Waals surface area contributed by atoms with Crippen molar-refractivity contribution in [3.8, 4) is 0 Å². The second-order valence-corrected chi connectivity index (χ2v) is 3.50. The van der Waals surface area contributed by atoms with E-state index in [4.69, 9.17) is 0 Å². The third kappa shape index (κ3) is 6.82. The Hall–Kier alpha value is 0.818. The third-order valence-electron chi connectivity index (χ3n) is 1.06. The van der Waals surface area contributed by atoms with E-state index in [1.807, 2.05) is 0 Å². The van der Waals surface area contributed by atoms with E-state index in [1.165, 1.54) is 53.1 Å². The van der Waals surface area contributed by atoms with E-state index >= 15 is 0 Å². The van der Waals surface area contributed by atoms with Crippen LogP contribution in [0.1, 0.15) is 32.6 Å². The second kappa shape index (κ2) is 6.82. The van der Waals surface area contributed by atoms with Gasteiger partial charge in [-0.3, -0.25) is 0 Å². The molecule has 0 rings (SSSR count). The van der Waals surface area contributed by atoms with Gasteiger partial charge in [-0.05, 0) is 0 Å². The van der Waals surface area contributed by atoms with Crippen molar-refractivity contribution >= 4 is 23.0 Å². The van der Waals surface area contributed by atoms with E-state index in [-0.39, 0.29) is 0 Å². The van der Waals surface area contributed by atoms with Gasteiger partial charge in [0.15, 0.2) is 0 Å². The molecule has 0 radical (unpaired) electrons. The maximum absolute atomic E-state index is 2.26. The molecule has 0 aromatic heterocycles. The Morgan fingerprint density at radius 2 is 1.86 bits per heavy atom. The Labute approximate surface area is 60.2 Å². The van der Waals surface area contributed by atoms with Crippen molar-refractivity contribution in [1.29, 1.82) is 0 Å². The van der Waals surface area contributed by atoms with Gasteiger partial charge in [0.1, 0.15) is 0 Å². The molecule has 1 heteroatoms. The molecule has 0 N–H and O–H groups in total. The summed E-state index contributed by atoms with van der Waals surface area (Å²) in [4.78, 5) is 0. The van der Waals surface area contributed by atoms with Crippen LogP contribution in [-0.2, 0) is 0 Å². The number of rotatable bonds is 4. The zero-order chi connectivity index (χ0) is 5.54. The Balaban J connectivity index is 2.45. The fraction of sp³-hybridized carbons (Fsp3) is 1.00. The molecule has 0 atom stereocenters. The van der Waals surface area contributed by atoms with Crippen LogP contribution in [0.2, 0.25) is 4.37 Å². The predicted molar refractivity (Wildman–Crippen MR) is 37.5 cm³/mol. The zero-order valence-electron chi connectivity index (χ0n) is 5.11. The van der Waals surface area contributed by atoms with Crippen LogP contribution in [0.15, 0.2) is 0 Å². The average Bonchev–Trinajstić information content (AvgIpc) is 1.69. The summed E-state index contributed by atoms with van der Waals surface area (Å²) < 4.78 is 1.49. The van der Waals surface area contributed by atoms with E-state index in [9.17, 15) is 0 Å². The molecule has 0 aromatic carbocycles. The molecule has 0 saturated heterocycles. The molecule has 0 heterocycles. The molecule has 0 aliphatic rings. The van der Waals surface area contributed by atoms with Crippen molar-refractivity contribution in [2.45, 2.75) is 37.0 Å². The molecule has 0 spiro atoms. The van der Waals surface area contributed by atoms with Gasteiger partial charge in [-0.25, -0.2) is 0 Å². The summed E-state index contributed by atoms with van der Waals surface area (Å²) in [6.45, 7) is 2.26. The normalized spacial score (nSPS) is 9.43. The van der Waals surface area contributed by atoms with E-state index in [2.05, 4.69) is 6.92 Å². The average molecular weight is 209 g/mol. The van der Waals surface area contributed by atoms with Gasteiger partial charge in [-0.1, -0.05) is 0 Å². The molecule has 0 bridgehead atoms. The number of hydrogen-bond donors (Lipinski definition) is 0. The minimum absolute atomic E-state index is 1.38. The van der Waals surface area contributed by atoms with Gasteiger partial charge >= 0.3 is 60.0 Å². The topological polar surface area (TPSA) is 0 Å². The van der Waals surface area contributed by atoms with E-state index in [1.54, 1.807) is 0 Å². The molecule has 44 valence electrons. The van der Waals surface area contributed by atoms with Gasteiger partial charge in [-0.2, -0.15) is 0 Å². The summed E-state index contributed by atoms with van der Waals surface area (Å²) in [5.41, 5.74) is 0. The molecule has 0 aromatic rings. The van der Waals surface area contributed by atoms with Crippen LogP contribution in [0.3, 0.4) is 0 Å². The Morgan fingerprint density at radius 3 is 2.29 bits per heavy atom. The van der Waals surface area contributed by atoms with Crippen molar-refractivity contribution < 1.29 is 0 Å². The fourth-order valence-corrected chi connectivity index (χ4v) is 1.40. The molecule has 0 nitrogen and oxygen atoms in total. The van der Waals surface area contributed by atoms with Gasteiger partial charge in [0.05, 0.1) is 0 Å². The van der Waals surface area contributed by atoms with E-state index in [0.717, 1.165) is 0 Å². The van der Waals surface area contributed by atoms with Gasteiger partial charge in [0.2, 0.25) is 0 Å². The first-order valence-electron chi connectivity index (χ1n) is 3.12. The van der Waals surface area contributed by atoms with Crippen LogP contribution in [0.4, 0.5) is 0 Å². The molecule has 0 fully saturated rings. The number of unbranched alkanes of at least 4 members (excludes halogenated alkanes) is 3. The maximum atomic E-state index is 2.26. The van der Waals surface area contributed by atoms with Gasteiger partial charge < -0.3 is 0 Å². The van der Waals surface area contributed by atoms with Crippen molar-refractivity contribution in [3.05, 3.63) is 0 Å². The number of hydrogen-bond acceptors (Lipinski definition) is 0. The molecule has 0 aliphatic heterocycles. The van der Waals surface area contributed by atoms with E-state index < -0.39 is 0 Å². The van der Waals surface area contributed by atoms with Gasteiger partial charge in [0, 0.05) is 0 Å². The van der Waals surface area contributed by atoms with E-state index in [0.29, 0.717) is 0 Å². The van der Waals surface area contributed by atoms with Crippen molar-refractivity contribution in [2.75, 3.05) is 0 Å². The van der Waals surface area contributed by atoms with Crippen molar-refractivity contribution in [1.82, 2.24) is 0 Å². The Bertz CT molecular complexity index is 23.4. The first-order chi connectivity index (χ1) is 3.41. The summed E-state index contributed by atoms with van der Waals surface area (Å²) in [6, 6.07) is 0. The predicted octanol–water partition coefficient (Wildman–Crippen LogP) is 1.62. The first kappa shape index (κ1) is 7.82. The summed E-state index contributed by atoms with van der Waals surface area (Å²) in [5, 5.41) is 0. The van der Waals surface area contributed by atoms with Crippen LogP contribution in [0, 0.1) is 0 Å². The minimum atomic E-state index is 1.38. The van der Waals surface area contributed by atoms with Crippen molar-refractivity contribution in [3.63, 3.8) is 0 Å².